The molecule has 8 nitrogen and oxygen atoms in total. The van der Waals surface area contributed by atoms with Gasteiger partial charge in [-0.2, -0.15) is 0 Å². The van der Waals surface area contributed by atoms with Crippen LogP contribution in [0.5, 0.6) is 0 Å². The van der Waals surface area contributed by atoms with E-state index in [4.69, 9.17) is 4.84 Å². The van der Waals surface area contributed by atoms with E-state index in [0.29, 0.717) is 16.2 Å². The minimum atomic E-state index is -1.08. The molecule has 0 aliphatic heterocycles. The van der Waals surface area contributed by atoms with Gasteiger partial charge in [0.15, 0.2) is 5.65 Å². The van der Waals surface area contributed by atoms with Crippen molar-refractivity contribution in [2.24, 2.45) is 0 Å². The van der Waals surface area contributed by atoms with Crippen LogP contribution in [0.2, 0.25) is 0 Å². The average molecular weight is 360 g/mol. The van der Waals surface area contributed by atoms with Gasteiger partial charge in [0, 0.05) is 6.20 Å². The van der Waals surface area contributed by atoms with Gasteiger partial charge in [0.1, 0.15) is 11.1 Å². The van der Waals surface area contributed by atoms with E-state index < -0.39 is 5.97 Å². The molecule has 2 N–H and O–H groups in total. The Kier molecular flexibility index (Phi) is 4.51. The number of fused-ring (bicyclic) bond motifs is 1. The molecule has 25 heavy (non-hydrogen) atoms. The number of carbonyl (C=O) groups excluding carboxylic acids is 1. The Labute approximate surface area is 147 Å². The Balaban J connectivity index is 1.97. The summed E-state index contributed by atoms with van der Waals surface area (Å²) in [6, 6.07) is 3.35. The number of hydrogen-bond donors (Lipinski definition) is 2. The van der Waals surface area contributed by atoms with E-state index in [-0.39, 0.29) is 23.0 Å². The van der Waals surface area contributed by atoms with Crippen LogP contribution in [0.1, 0.15) is 33.9 Å². The molecule has 3 aromatic rings. The number of rotatable bonds is 5. The highest BCUT2D eigenvalue weighted by molar-refractivity contribution is 7.17. The van der Waals surface area contributed by atoms with Crippen LogP contribution in [0.4, 0.5) is 0 Å². The first-order valence-corrected chi connectivity index (χ1v) is 8.29. The molecular weight excluding hydrogens is 344 g/mol. The van der Waals surface area contributed by atoms with Crippen molar-refractivity contribution >= 4 is 34.4 Å². The minimum Gasteiger partial charge on any atom is -0.478 e. The number of aromatic amines is 1. The van der Waals surface area contributed by atoms with Crippen LogP contribution in [0.15, 0.2) is 24.5 Å². The number of aromatic nitrogens is 3. The van der Waals surface area contributed by atoms with Gasteiger partial charge in [0.05, 0.1) is 34.8 Å². The summed E-state index contributed by atoms with van der Waals surface area (Å²) in [4.78, 5) is 41.4. The van der Waals surface area contributed by atoms with Gasteiger partial charge in [0.25, 0.3) is 5.91 Å². The lowest BCUT2D eigenvalue weighted by Gasteiger charge is -2.22. The standard InChI is InChI=1S/C16H16N4O4S/c1-8(2)20(24-3)15(21)12-5-4-11(25-12)10-7-18-14-13(19-10)9(6-17-14)16(22)23/h4-8H,1-3H3,(H,17,18)(H,22,23). The molecule has 0 unspecified atom stereocenters. The number of thiophene rings is 1. The molecule has 130 valence electrons. The zero-order chi connectivity index (χ0) is 18.1. The molecule has 3 aromatic heterocycles. The van der Waals surface area contributed by atoms with Crippen LogP contribution >= 0.6 is 11.3 Å². The molecule has 0 aliphatic carbocycles. The van der Waals surface area contributed by atoms with Crippen LogP contribution in [0.3, 0.4) is 0 Å². The highest BCUT2D eigenvalue weighted by atomic mass is 32.1. The lowest BCUT2D eigenvalue weighted by molar-refractivity contribution is -0.114. The third-order valence-electron chi connectivity index (χ3n) is 3.55. The third-order valence-corrected chi connectivity index (χ3v) is 4.64. The molecule has 0 radical (unpaired) electrons. The quantitative estimate of drug-likeness (QED) is 0.677. The second kappa shape index (κ2) is 6.61. The predicted molar refractivity (Wildman–Crippen MR) is 92.5 cm³/mol. The normalized spacial score (nSPS) is 11.2. The number of aromatic carboxylic acids is 1. The maximum absolute atomic E-state index is 12.5. The van der Waals surface area contributed by atoms with Crippen LogP contribution < -0.4 is 0 Å². The van der Waals surface area contributed by atoms with Crippen molar-refractivity contribution < 1.29 is 19.5 Å². The van der Waals surface area contributed by atoms with Gasteiger partial charge in [-0.3, -0.25) is 9.63 Å². The minimum absolute atomic E-state index is 0.0579. The van der Waals surface area contributed by atoms with Gasteiger partial charge >= 0.3 is 5.97 Å². The lowest BCUT2D eigenvalue weighted by Crippen LogP contribution is -2.35. The molecule has 1 amide bonds. The second-order valence-electron chi connectivity index (χ2n) is 5.53. The maximum atomic E-state index is 12.5. The number of carbonyl (C=O) groups is 2. The number of nitrogens with zero attached hydrogens (tertiary/aromatic N) is 3. The van der Waals surface area contributed by atoms with Crippen molar-refractivity contribution in [2.75, 3.05) is 7.11 Å². The highest BCUT2D eigenvalue weighted by Crippen LogP contribution is 2.29. The summed E-state index contributed by atoms with van der Waals surface area (Å²) in [5.41, 5.74) is 1.25. The number of carboxylic acids is 1. The van der Waals surface area contributed by atoms with Gasteiger partial charge in [-0.1, -0.05) is 0 Å². The SMILES string of the molecule is CON(C(=O)c1ccc(-c2cnc3[nH]cc(C(=O)O)c3n2)s1)C(C)C. The number of nitrogens with one attached hydrogen (secondary N) is 1. The molecule has 0 bridgehead atoms. The second-order valence-corrected chi connectivity index (χ2v) is 6.61. The van der Waals surface area contributed by atoms with Gasteiger partial charge in [-0.05, 0) is 26.0 Å². The van der Waals surface area contributed by atoms with Crippen LogP contribution in [-0.4, -0.2) is 50.1 Å². The van der Waals surface area contributed by atoms with Crippen molar-refractivity contribution in [3.63, 3.8) is 0 Å². The Morgan fingerprint density at radius 2 is 2.12 bits per heavy atom. The number of carboxylic acid groups (broad SMARTS) is 1. The van der Waals surface area contributed by atoms with Crippen LogP contribution in [0, 0.1) is 0 Å². The largest absolute Gasteiger partial charge is 0.478 e. The van der Waals surface area contributed by atoms with Crippen molar-refractivity contribution in [1.29, 1.82) is 0 Å². The third kappa shape index (κ3) is 3.11. The summed E-state index contributed by atoms with van der Waals surface area (Å²) in [7, 11) is 1.45. The van der Waals surface area contributed by atoms with Gasteiger partial charge in [-0.15, -0.1) is 11.3 Å². The first-order chi connectivity index (χ1) is 11.9. The number of amides is 1. The summed E-state index contributed by atoms with van der Waals surface area (Å²) in [6.45, 7) is 3.71. The number of hydroxylamine groups is 2. The van der Waals surface area contributed by atoms with E-state index in [1.54, 1.807) is 18.3 Å². The first kappa shape index (κ1) is 17.1. The summed E-state index contributed by atoms with van der Waals surface area (Å²) in [5, 5.41) is 10.5. The summed E-state index contributed by atoms with van der Waals surface area (Å²) >= 11 is 1.25. The first-order valence-electron chi connectivity index (χ1n) is 7.47. The van der Waals surface area contributed by atoms with E-state index in [0.717, 1.165) is 4.88 Å². The Morgan fingerprint density at radius 1 is 1.36 bits per heavy atom. The van der Waals surface area contributed by atoms with E-state index in [2.05, 4.69) is 15.0 Å². The summed E-state index contributed by atoms with van der Waals surface area (Å²) < 4.78 is 0. The summed E-state index contributed by atoms with van der Waals surface area (Å²) in [5.74, 6) is -1.32. The molecule has 9 heteroatoms. The molecule has 0 aromatic carbocycles. The molecule has 3 rings (SSSR count). The molecule has 0 atom stereocenters. The smallest absolute Gasteiger partial charge is 0.339 e. The van der Waals surface area contributed by atoms with Crippen molar-refractivity contribution in [3.8, 4) is 10.6 Å². The van der Waals surface area contributed by atoms with Crippen LogP contribution in [0.25, 0.3) is 21.7 Å². The fourth-order valence-corrected chi connectivity index (χ4v) is 3.29. The van der Waals surface area contributed by atoms with E-state index in [1.165, 1.54) is 29.7 Å². The number of hydrogen-bond acceptors (Lipinski definition) is 6. The topological polar surface area (TPSA) is 108 Å². The number of H-pyrrole nitrogens is 1. The lowest BCUT2D eigenvalue weighted by atomic mass is 10.3. The Morgan fingerprint density at radius 3 is 2.76 bits per heavy atom. The average Bonchev–Trinajstić information content (AvgIpc) is 3.21. The molecule has 0 saturated carbocycles. The van der Waals surface area contributed by atoms with E-state index in [1.807, 2.05) is 13.8 Å². The highest BCUT2D eigenvalue weighted by Gasteiger charge is 2.21. The molecule has 3 heterocycles. The molecule has 0 fully saturated rings. The van der Waals surface area contributed by atoms with Crippen molar-refractivity contribution in [3.05, 3.63) is 35.0 Å². The van der Waals surface area contributed by atoms with Crippen LogP contribution in [-0.2, 0) is 4.84 Å². The molecular formula is C16H16N4O4S. The fourth-order valence-electron chi connectivity index (χ4n) is 2.40. The van der Waals surface area contributed by atoms with Crippen molar-refractivity contribution in [2.45, 2.75) is 19.9 Å². The van der Waals surface area contributed by atoms with E-state index in [9.17, 15) is 14.7 Å². The zero-order valence-corrected chi connectivity index (χ0v) is 14.6. The summed E-state index contributed by atoms with van der Waals surface area (Å²) in [6.07, 6.45) is 2.90. The van der Waals surface area contributed by atoms with Gasteiger partial charge in [-0.25, -0.2) is 19.8 Å². The fraction of sp³-hybridized carbons (Fsp3) is 0.250. The maximum Gasteiger partial charge on any atom is 0.339 e. The predicted octanol–water partition coefficient (Wildman–Crippen LogP) is 2.80. The molecule has 0 aliphatic rings. The molecule has 0 saturated heterocycles. The Bertz CT molecular complexity index is 947. The van der Waals surface area contributed by atoms with Gasteiger partial charge < -0.3 is 10.1 Å². The Hall–Kier alpha value is -2.78. The van der Waals surface area contributed by atoms with Gasteiger partial charge in [0.2, 0.25) is 0 Å². The zero-order valence-electron chi connectivity index (χ0n) is 13.8. The van der Waals surface area contributed by atoms with E-state index >= 15 is 0 Å². The molecule has 0 spiro atoms. The van der Waals surface area contributed by atoms with Crippen molar-refractivity contribution in [1.82, 2.24) is 20.0 Å². The monoisotopic (exact) mass is 360 g/mol.